The standard InChI is InChI=1S/C15H13N3O/c1-18(2)10-13(9-16)15(19)12-6-5-11-4-3-7-17-14(11)8-12/h3-8,10H,1-2H3/b13-10-. The minimum Gasteiger partial charge on any atom is -0.382 e. The molecule has 1 aromatic carbocycles. The summed E-state index contributed by atoms with van der Waals surface area (Å²) in [5, 5.41) is 10.0. The van der Waals surface area contributed by atoms with Crippen LogP contribution in [0.4, 0.5) is 0 Å². The lowest BCUT2D eigenvalue weighted by Gasteiger charge is -2.06. The SMILES string of the molecule is CN(C)/C=C(/C#N)C(=O)c1ccc2cccnc2c1. The Kier molecular flexibility index (Phi) is 3.58. The average Bonchev–Trinajstić information content (AvgIpc) is 2.43. The molecule has 0 aliphatic rings. The van der Waals surface area contributed by atoms with E-state index in [1.165, 1.54) is 6.20 Å². The van der Waals surface area contributed by atoms with Crippen molar-refractivity contribution in [1.29, 1.82) is 5.26 Å². The van der Waals surface area contributed by atoms with E-state index in [1.807, 2.05) is 24.3 Å². The highest BCUT2D eigenvalue weighted by atomic mass is 16.1. The quantitative estimate of drug-likeness (QED) is 0.477. The molecule has 0 spiro atoms. The van der Waals surface area contributed by atoms with Crippen LogP contribution in [0.1, 0.15) is 10.4 Å². The number of carbonyl (C=O) groups excluding carboxylic acids is 1. The number of carbonyl (C=O) groups is 1. The number of nitriles is 1. The largest absolute Gasteiger partial charge is 0.382 e. The Hall–Kier alpha value is -2.67. The highest BCUT2D eigenvalue weighted by molar-refractivity contribution is 6.12. The van der Waals surface area contributed by atoms with Crippen LogP contribution in [0.2, 0.25) is 0 Å². The Morgan fingerprint density at radius 2 is 2.16 bits per heavy atom. The fourth-order valence-electron chi connectivity index (χ4n) is 1.76. The first-order valence-corrected chi connectivity index (χ1v) is 5.79. The first-order chi connectivity index (χ1) is 9.11. The molecule has 4 nitrogen and oxygen atoms in total. The number of ketones is 1. The number of aromatic nitrogens is 1. The van der Waals surface area contributed by atoms with Crippen molar-refractivity contribution in [3.05, 3.63) is 53.9 Å². The Labute approximate surface area is 111 Å². The zero-order valence-corrected chi connectivity index (χ0v) is 10.8. The highest BCUT2D eigenvalue weighted by Gasteiger charge is 2.13. The smallest absolute Gasteiger partial charge is 0.205 e. The fraction of sp³-hybridized carbons (Fsp3) is 0.133. The molecule has 0 fully saturated rings. The molecule has 0 aliphatic heterocycles. The van der Waals surface area contributed by atoms with Crippen LogP contribution in [-0.2, 0) is 0 Å². The third kappa shape index (κ3) is 2.78. The molecule has 0 amide bonds. The molecule has 1 heterocycles. The van der Waals surface area contributed by atoms with Crippen molar-refractivity contribution in [3.8, 4) is 6.07 Å². The van der Waals surface area contributed by atoms with Crippen LogP contribution < -0.4 is 0 Å². The number of benzene rings is 1. The molecule has 0 unspecified atom stereocenters. The van der Waals surface area contributed by atoms with Gasteiger partial charge in [-0.1, -0.05) is 18.2 Å². The molecule has 2 aromatic rings. The molecule has 1 aromatic heterocycles. The van der Waals surface area contributed by atoms with Gasteiger partial charge in [0, 0.05) is 37.4 Å². The summed E-state index contributed by atoms with van der Waals surface area (Å²) in [7, 11) is 3.54. The molecule has 4 heteroatoms. The number of hydrogen-bond acceptors (Lipinski definition) is 4. The van der Waals surface area contributed by atoms with Crippen LogP contribution in [-0.4, -0.2) is 29.8 Å². The number of fused-ring (bicyclic) bond motifs is 1. The van der Waals surface area contributed by atoms with Crippen molar-refractivity contribution < 1.29 is 4.79 Å². The van der Waals surface area contributed by atoms with Crippen LogP contribution in [0.5, 0.6) is 0 Å². The van der Waals surface area contributed by atoms with E-state index in [0.29, 0.717) is 5.56 Å². The lowest BCUT2D eigenvalue weighted by Crippen LogP contribution is -2.08. The van der Waals surface area contributed by atoms with Crippen LogP contribution in [0.15, 0.2) is 48.3 Å². The van der Waals surface area contributed by atoms with Gasteiger partial charge in [-0.15, -0.1) is 0 Å². The predicted molar refractivity (Wildman–Crippen MR) is 73.5 cm³/mol. The number of nitrogens with zero attached hydrogens (tertiary/aromatic N) is 3. The topological polar surface area (TPSA) is 57.0 Å². The zero-order chi connectivity index (χ0) is 13.8. The van der Waals surface area contributed by atoms with Crippen LogP contribution in [0.3, 0.4) is 0 Å². The van der Waals surface area contributed by atoms with Gasteiger partial charge in [-0.25, -0.2) is 0 Å². The van der Waals surface area contributed by atoms with E-state index >= 15 is 0 Å². The molecular weight excluding hydrogens is 238 g/mol. The van der Waals surface area contributed by atoms with E-state index in [1.54, 1.807) is 37.3 Å². The van der Waals surface area contributed by atoms with Gasteiger partial charge in [0.25, 0.3) is 0 Å². The van der Waals surface area contributed by atoms with Gasteiger partial charge in [-0.3, -0.25) is 9.78 Å². The summed E-state index contributed by atoms with van der Waals surface area (Å²) < 4.78 is 0. The minimum atomic E-state index is -0.288. The molecule has 94 valence electrons. The Morgan fingerprint density at radius 1 is 1.37 bits per heavy atom. The highest BCUT2D eigenvalue weighted by Crippen LogP contribution is 2.16. The predicted octanol–water partition coefficient (Wildman–Crippen LogP) is 2.39. The molecule has 0 bridgehead atoms. The lowest BCUT2D eigenvalue weighted by atomic mass is 10.0. The van der Waals surface area contributed by atoms with E-state index in [0.717, 1.165) is 10.9 Å². The van der Waals surface area contributed by atoms with E-state index in [9.17, 15) is 4.79 Å². The monoisotopic (exact) mass is 251 g/mol. The third-order valence-electron chi connectivity index (χ3n) is 2.62. The summed E-state index contributed by atoms with van der Waals surface area (Å²) in [6, 6.07) is 11.0. The maximum absolute atomic E-state index is 12.2. The van der Waals surface area contributed by atoms with Crippen molar-refractivity contribution >= 4 is 16.7 Å². The maximum atomic E-state index is 12.2. The summed E-state index contributed by atoms with van der Waals surface area (Å²) >= 11 is 0. The summed E-state index contributed by atoms with van der Waals surface area (Å²) in [6.07, 6.45) is 3.20. The number of pyridine rings is 1. The van der Waals surface area contributed by atoms with Crippen molar-refractivity contribution in [3.63, 3.8) is 0 Å². The molecule has 19 heavy (non-hydrogen) atoms. The van der Waals surface area contributed by atoms with Crippen molar-refractivity contribution in [2.24, 2.45) is 0 Å². The Balaban J connectivity index is 2.44. The third-order valence-corrected chi connectivity index (χ3v) is 2.62. The molecule has 2 rings (SSSR count). The number of Topliss-reactive ketones (excluding diaryl/α,β-unsaturated/α-hetero) is 1. The van der Waals surface area contributed by atoms with Gasteiger partial charge in [0.1, 0.15) is 11.6 Å². The fourth-order valence-corrected chi connectivity index (χ4v) is 1.76. The van der Waals surface area contributed by atoms with Crippen LogP contribution in [0.25, 0.3) is 10.9 Å². The molecule has 0 N–H and O–H groups in total. The van der Waals surface area contributed by atoms with Gasteiger partial charge in [-0.2, -0.15) is 5.26 Å². The lowest BCUT2D eigenvalue weighted by molar-refractivity contribution is 0.103. The summed E-state index contributed by atoms with van der Waals surface area (Å²) in [5.74, 6) is -0.288. The van der Waals surface area contributed by atoms with E-state index in [4.69, 9.17) is 5.26 Å². The van der Waals surface area contributed by atoms with Crippen molar-refractivity contribution in [2.75, 3.05) is 14.1 Å². The van der Waals surface area contributed by atoms with E-state index < -0.39 is 0 Å². The Bertz CT molecular complexity index is 696. The first kappa shape index (κ1) is 12.8. The van der Waals surface area contributed by atoms with Gasteiger partial charge in [0.2, 0.25) is 5.78 Å². The molecule has 0 atom stereocenters. The molecular formula is C15H13N3O. The second-order valence-corrected chi connectivity index (χ2v) is 4.36. The number of rotatable bonds is 3. The minimum absolute atomic E-state index is 0.111. The normalized spacial score (nSPS) is 11.1. The van der Waals surface area contributed by atoms with Gasteiger partial charge >= 0.3 is 0 Å². The second kappa shape index (κ2) is 5.32. The molecule has 0 aliphatic carbocycles. The van der Waals surface area contributed by atoms with Gasteiger partial charge in [0.15, 0.2) is 0 Å². The molecule has 0 saturated heterocycles. The van der Waals surface area contributed by atoms with Crippen molar-refractivity contribution in [1.82, 2.24) is 9.88 Å². The number of allylic oxidation sites excluding steroid dienone is 1. The van der Waals surface area contributed by atoms with Gasteiger partial charge in [0.05, 0.1) is 5.52 Å². The number of hydrogen-bond donors (Lipinski definition) is 0. The second-order valence-electron chi connectivity index (χ2n) is 4.36. The maximum Gasteiger partial charge on any atom is 0.205 e. The van der Waals surface area contributed by atoms with Crippen LogP contribution in [0, 0.1) is 11.3 Å². The van der Waals surface area contributed by atoms with E-state index in [-0.39, 0.29) is 11.4 Å². The average molecular weight is 251 g/mol. The van der Waals surface area contributed by atoms with E-state index in [2.05, 4.69) is 4.98 Å². The van der Waals surface area contributed by atoms with Gasteiger partial charge in [-0.05, 0) is 12.1 Å². The molecule has 0 saturated carbocycles. The summed E-state index contributed by atoms with van der Waals surface area (Å²) in [6.45, 7) is 0. The van der Waals surface area contributed by atoms with Crippen molar-refractivity contribution in [2.45, 2.75) is 0 Å². The summed E-state index contributed by atoms with van der Waals surface area (Å²) in [5.41, 5.74) is 1.33. The first-order valence-electron chi connectivity index (χ1n) is 5.79. The summed E-state index contributed by atoms with van der Waals surface area (Å²) in [4.78, 5) is 18.1. The molecule has 0 radical (unpaired) electrons. The van der Waals surface area contributed by atoms with Gasteiger partial charge < -0.3 is 4.90 Å². The van der Waals surface area contributed by atoms with Crippen LogP contribution >= 0.6 is 0 Å². The zero-order valence-electron chi connectivity index (χ0n) is 10.8. The Morgan fingerprint density at radius 3 is 2.84 bits per heavy atom.